The summed E-state index contributed by atoms with van der Waals surface area (Å²) in [6.07, 6.45) is 0. The molecule has 0 bridgehead atoms. The van der Waals surface area contributed by atoms with Gasteiger partial charge in [0.1, 0.15) is 0 Å². The van der Waals surface area contributed by atoms with Crippen LogP contribution in [-0.4, -0.2) is 9.79 Å². The fourth-order valence-electron chi connectivity index (χ4n) is 1.99. The van der Waals surface area contributed by atoms with Crippen LogP contribution in [0, 0.1) is 0 Å². The standard InChI is InChI=1S/C14H16FO3P/c1-9(2)11-5-3-10-4-6-12(8-13(10)7-11)14(15)19(16,17)18/h3-9,14H,1-2H3,(H2,16,17,18)/t14-/m1/s1. The van der Waals surface area contributed by atoms with Crippen molar-refractivity contribution in [2.24, 2.45) is 0 Å². The van der Waals surface area contributed by atoms with E-state index in [2.05, 4.69) is 13.8 Å². The van der Waals surface area contributed by atoms with E-state index in [4.69, 9.17) is 9.79 Å². The summed E-state index contributed by atoms with van der Waals surface area (Å²) in [7, 11) is -4.75. The second-order valence-electron chi connectivity index (χ2n) is 4.95. The average molecular weight is 282 g/mol. The molecule has 0 aliphatic rings. The lowest BCUT2D eigenvalue weighted by Crippen LogP contribution is -1.94. The number of hydrogen-bond acceptors (Lipinski definition) is 1. The zero-order valence-electron chi connectivity index (χ0n) is 10.7. The molecule has 3 nitrogen and oxygen atoms in total. The molecule has 0 fully saturated rings. The smallest absolute Gasteiger partial charge is 0.322 e. The highest BCUT2D eigenvalue weighted by Gasteiger charge is 2.30. The van der Waals surface area contributed by atoms with E-state index in [1.165, 1.54) is 12.1 Å². The van der Waals surface area contributed by atoms with E-state index in [1.54, 1.807) is 6.07 Å². The first-order chi connectivity index (χ1) is 8.79. The van der Waals surface area contributed by atoms with Crippen molar-refractivity contribution in [1.82, 2.24) is 0 Å². The zero-order chi connectivity index (χ0) is 14.2. The molecule has 2 aromatic rings. The highest BCUT2D eigenvalue weighted by atomic mass is 31.2. The maximum absolute atomic E-state index is 13.7. The Bertz CT molecular complexity index is 648. The molecule has 0 saturated carbocycles. The van der Waals surface area contributed by atoms with Crippen LogP contribution in [0.25, 0.3) is 10.8 Å². The van der Waals surface area contributed by atoms with Gasteiger partial charge in [0, 0.05) is 0 Å². The number of alkyl halides is 1. The number of halogens is 1. The van der Waals surface area contributed by atoms with Gasteiger partial charge >= 0.3 is 7.60 Å². The lowest BCUT2D eigenvalue weighted by molar-refractivity contribution is 0.303. The summed E-state index contributed by atoms with van der Waals surface area (Å²) < 4.78 is 24.6. The molecule has 102 valence electrons. The van der Waals surface area contributed by atoms with Gasteiger partial charge in [-0.1, -0.05) is 44.2 Å². The third-order valence-corrected chi connectivity index (χ3v) is 4.01. The van der Waals surface area contributed by atoms with Crippen molar-refractivity contribution in [2.75, 3.05) is 0 Å². The second-order valence-corrected chi connectivity index (χ2v) is 6.58. The first kappa shape index (κ1) is 14.2. The summed E-state index contributed by atoms with van der Waals surface area (Å²) in [6, 6.07) is 10.5. The minimum atomic E-state index is -4.75. The fourth-order valence-corrected chi connectivity index (χ4v) is 2.53. The first-order valence-electron chi connectivity index (χ1n) is 6.02. The van der Waals surface area contributed by atoms with Gasteiger partial charge in [0.25, 0.3) is 0 Å². The summed E-state index contributed by atoms with van der Waals surface area (Å²) in [5.74, 6) is -1.92. The van der Waals surface area contributed by atoms with E-state index in [1.807, 2.05) is 18.2 Å². The van der Waals surface area contributed by atoms with Gasteiger partial charge in [-0.3, -0.25) is 4.57 Å². The normalized spacial score (nSPS) is 14.0. The largest absolute Gasteiger partial charge is 0.363 e. The van der Waals surface area contributed by atoms with Crippen LogP contribution in [-0.2, 0) is 4.57 Å². The van der Waals surface area contributed by atoms with Gasteiger partial charge in [0.15, 0.2) is 0 Å². The lowest BCUT2D eigenvalue weighted by Gasteiger charge is -2.12. The van der Waals surface area contributed by atoms with Crippen molar-refractivity contribution in [3.63, 3.8) is 0 Å². The number of hydrogen-bond donors (Lipinski definition) is 2. The molecule has 0 aliphatic heterocycles. The molecule has 0 saturated heterocycles. The van der Waals surface area contributed by atoms with Gasteiger partial charge in [0.05, 0.1) is 0 Å². The highest BCUT2D eigenvalue weighted by molar-refractivity contribution is 7.51. The highest BCUT2D eigenvalue weighted by Crippen LogP contribution is 2.52. The molecular formula is C14H16FO3P. The van der Waals surface area contributed by atoms with Crippen molar-refractivity contribution in [3.8, 4) is 0 Å². The van der Waals surface area contributed by atoms with E-state index in [0.29, 0.717) is 5.92 Å². The van der Waals surface area contributed by atoms with Crippen LogP contribution in [0.15, 0.2) is 36.4 Å². The van der Waals surface area contributed by atoms with Crippen molar-refractivity contribution >= 4 is 18.4 Å². The molecule has 2 aromatic carbocycles. The molecule has 0 heterocycles. The summed E-state index contributed by atoms with van der Waals surface area (Å²) >= 11 is 0. The van der Waals surface area contributed by atoms with Gasteiger partial charge in [-0.15, -0.1) is 0 Å². The van der Waals surface area contributed by atoms with E-state index in [0.717, 1.165) is 16.3 Å². The van der Waals surface area contributed by atoms with E-state index < -0.39 is 13.5 Å². The van der Waals surface area contributed by atoms with Crippen molar-refractivity contribution in [1.29, 1.82) is 0 Å². The Hall–Kier alpha value is -1.22. The predicted octanol–water partition coefficient (Wildman–Crippen LogP) is 4.11. The van der Waals surface area contributed by atoms with Gasteiger partial charge in [-0.25, -0.2) is 4.39 Å². The Morgan fingerprint density at radius 1 is 1.00 bits per heavy atom. The molecule has 0 unspecified atom stereocenters. The number of rotatable bonds is 3. The molecule has 19 heavy (non-hydrogen) atoms. The molecule has 2 N–H and O–H groups in total. The van der Waals surface area contributed by atoms with Crippen molar-refractivity contribution < 1.29 is 18.7 Å². The van der Waals surface area contributed by atoms with E-state index in [9.17, 15) is 8.96 Å². The monoisotopic (exact) mass is 282 g/mol. The molecule has 0 aliphatic carbocycles. The maximum Gasteiger partial charge on any atom is 0.363 e. The Labute approximate surface area is 111 Å². The van der Waals surface area contributed by atoms with E-state index in [-0.39, 0.29) is 5.56 Å². The molecule has 2 rings (SSSR count). The molecule has 0 amide bonds. The van der Waals surface area contributed by atoms with Crippen LogP contribution in [0.5, 0.6) is 0 Å². The molecular weight excluding hydrogens is 266 g/mol. The summed E-state index contributed by atoms with van der Waals surface area (Å²) in [5, 5.41) is 1.71. The summed E-state index contributed by atoms with van der Waals surface area (Å²) in [5.41, 5.74) is 1.12. The van der Waals surface area contributed by atoms with Crippen LogP contribution in [0.4, 0.5) is 4.39 Å². The van der Waals surface area contributed by atoms with Crippen molar-refractivity contribution in [2.45, 2.75) is 25.7 Å². The fraction of sp³-hybridized carbons (Fsp3) is 0.286. The van der Waals surface area contributed by atoms with Crippen LogP contribution >= 0.6 is 7.60 Å². The average Bonchev–Trinajstić information content (AvgIpc) is 2.35. The Morgan fingerprint density at radius 3 is 2.05 bits per heavy atom. The number of fused-ring (bicyclic) bond motifs is 1. The Morgan fingerprint density at radius 2 is 1.53 bits per heavy atom. The predicted molar refractivity (Wildman–Crippen MR) is 73.9 cm³/mol. The van der Waals surface area contributed by atoms with Crippen LogP contribution in [0.2, 0.25) is 0 Å². The quantitative estimate of drug-likeness (QED) is 0.833. The first-order valence-corrected chi connectivity index (χ1v) is 7.70. The lowest BCUT2D eigenvalue weighted by atomic mass is 9.98. The molecule has 0 radical (unpaired) electrons. The zero-order valence-corrected chi connectivity index (χ0v) is 11.6. The number of benzene rings is 2. The Balaban J connectivity index is 2.52. The van der Waals surface area contributed by atoms with Crippen molar-refractivity contribution in [3.05, 3.63) is 47.5 Å². The molecule has 1 atom stereocenters. The minimum Gasteiger partial charge on any atom is -0.322 e. The van der Waals surface area contributed by atoms with Crippen LogP contribution in [0.3, 0.4) is 0 Å². The summed E-state index contributed by atoms with van der Waals surface area (Å²) in [4.78, 5) is 17.8. The van der Waals surface area contributed by atoms with Gasteiger partial charge in [0.2, 0.25) is 5.91 Å². The Kier molecular flexibility index (Phi) is 3.77. The third kappa shape index (κ3) is 3.03. The third-order valence-electron chi connectivity index (χ3n) is 3.13. The van der Waals surface area contributed by atoms with Crippen LogP contribution < -0.4 is 0 Å². The van der Waals surface area contributed by atoms with E-state index >= 15 is 0 Å². The molecule has 5 heteroatoms. The van der Waals surface area contributed by atoms with Gasteiger partial charge in [-0.05, 0) is 33.9 Å². The van der Waals surface area contributed by atoms with Crippen LogP contribution in [0.1, 0.15) is 36.8 Å². The summed E-state index contributed by atoms with van der Waals surface area (Å²) in [6.45, 7) is 4.11. The molecule has 0 aromatic heterocycles. The van der Waals surface area contributed by atoms with Gasteiger partial charge < -0.3 is 9.79 Å². The molecule has 0 spiro atoms. The minimum absolute atomic E-state index is 0.0155. The van der Waals surface area contributed by atoms with Gasteiger partial charge in [-0.2, -0.15) is 0 Å². The maximum atomic E-state index is 13.7. The topological polar surface area (TPSA) is 57.5 Å². The second kappa shape index (κ2) is 5.04. The SMILES string of the molecule is CC(C)c1ccc2ccc([C@H](F)P(=O)(O)O)cc2c1.